The van der Waals surface area contributed by atoms with Gasteiger partial charge in [0.05, 0.1) is 16.3 Å². The lowest BCUT2D eigenvalue weighted by atomic mass is 10.2. The lowest BCUT2D eigenvalue weighted by Crippen LogP contribution is -2.35. The number of nitrogens with zero attached hydrogens (tertiary/aromatic N) is 2. The number of fused-ring (bicyclic) bond motifs is 1. The van der Waals surface area contributed by atoms with Crippen molar-refractivity contribution in [1.82, 2.24) is 20.0 Å². The molecule has 2 amide bonds. The topological polar surface area (TPSA) is 111 Å². The predicted octanol–water partition coefficient (Wildman–Crippen LogP) is 4.09. The Morgan fingerprint density at radius 2 is 1.76 bits per heavy atom. The van der Waals surface area contributed by atoms with Gasteiger partial charge in [-0.25, -0.2) is 23.4 Å². The quantitative estimate of drug-likeness (QED) is 0.190. The first kappa shape index (κ1) is 27.6. The lowest BCUT2D eigenvalue weighted by Gasteiger charge is -2.11. The number of hydrogen-bond donors (Lipinski definition) is 2. The van der Waals surface area contributed by atoms with Crippen molar-refractivity contribution in [1.29, 1.82) is 0 Å². The third kappa shape index (κ3) is 6.84. The molecule has 0 spiro atoms. The molecule has 2 N–H and O–H groups in total. The SMILES string of the molecule is Cc1nc2c(OCc3c(F)cccc3F)cc(Cl)cn2c1C(=O)NCCCNC(=O)OC(=O)C(F)(F)F. The summed E-state index contributed by atoms with van der Waals surface area (Å²) in [5.41, 5.74) is 0.196. The van der Waals surface area contributed by atoms with Crippen LogP contribution >= 0.6 is 11.6 Å². The molecule has 0 aliphatic carbocycles. The third-order valence-electron chi connectivity index (χ3n) is 4.80. The number of rotatable bonds is 8. The maximum absolute atomic E-state index is 13.9. The van der Waals surface area contributed by atoms with Crippen molar-refractivity contribution in [3.05, 3.63) is 64.1 Å². The van der Waals surface area contributed by atoms with Crippen LogP contribution in [0.5, 0.6) is 5.75 Å². The highest BCUT2D eigenvalue weighted by atomic mass is 35.5. The summed E-state index contributed by atoms with van der Waals surface area (Å²) in [6.45, 7) is 0.847. The lowest BCUT2D eigenvalue weighted by molar-refractivity contribution is -0.192. The molecular formula is C22H18ClF5N4O5. The monoisotopic (exact) mass is 548 g/mol. The number of halogens is 6. The predicted molar refractivity (Wildman–Crippen MR) is 118 cm³/mol. The smallest absolute Gasteiger partial charge is 0.485 e. The van der Waals surface area contributed by atoms with Gasteiger partial charge in [-0.05, 0) is 25.5 Å². The zero-order valence-electron chi connectivity index (χ0n) is 18.9. The number of hydrogen-bond acceptors (Lipinski definition) is 6. The van der Waals surface area contributed by atoms with Crippen molar-refractivity contribution in [3.8, 4) is 5.75 Å². The highest BCUT2D eigenvalue weighted by Gasteiger charge is 2.42. The molecule has 0 radical (unpaired) electrons. The highest BCUT2D eigenvalue weighted by Crippen LogP contribution is 2.28. The number of aryl methyl sites for hydroxylation is 1. The van der Waals surface area contributed by atoms with Gasteiger partial charge in [0.2, 0.25) is 0 Å². The van der Waals surface area contributed by atoms with Gasteiger partial charge in [-0.15, -0.1) is 0 Å². The number of alkyl halides is 3. The molecule has 2 heterocycles. The average Bonchev–Trinajstić information content (AvgIpc) is 3.13. The number of benzene rings is 1. The van der Waals surface area contributed by atoms with E-state index in [0.717, 1.165) is 12.1 Å². The van der Waals surface area contributed by atoms with Gasteiger partial charge in [-0.3, -0.25) is 9.20 Å². The normalized spacial score (nSPS) is 11.3. The van der Waals surface area contributed by atoms with Crippen molar-refractivity contribution in [2.45, 2.75) is 26.1 Å². The van der Waals surface area contributed by atoms with Crippen molar-refractivity contribution in [2.75, 3.05) is 13.1 Å². The molecule has 0 bridgehead atoms. The van der Waals surface area contributed by atoms with E-state index in [9.17, 15) is 36.3 Å². The molecular weight excluding hydrogens is 531 g/mol. The van der Waals surface area contributed by atoms with Crippen molar-refractivity contribution >= 4 is 35.2 Å². The Labute approximate surface area is 210 Å². The molecule has 0 aliphatic rings. The number of imidazole rings is 1. The van der Waals surface area contributed by atoms with Gasteiger partial charge in [0.1, 0.15) is 23.9 Å². The van der Waals surface area contributed by atoms with Crippen LogP contribution in [0.15, 0.2) is 30.5 Å². The minimum atomic E-state index is -5.31. The summed E-state index contributed by atoms with van der Waals surface area (Å²) < 4.78 is 74.5. The first-order valence-corrected chi connectivity index (χ1v) is 10.8. The largest absolute Gasteiger partial charge is 0.491 e. The Morgan fingerprint density at radius 3 is 2.41 bits per heavy atom. The van der Waals surface area contributed by atoms with Gasteiger partial charge < -0.3 is 20.1 Å². The van der Waals surface area contributed by atoms with Crippen molar-refractivity contribution in [2.24, 2.45) is 0 Å². The minimum Gasteiger partial charge on any atom is -0.485 e. The molecule has 0 saturated carbocycles. The van der Waals surface area contributed by atoms with E-state index >= 15 is 0 Å². The van der Waals surface area contributed by atoms with E-state index in [0.29, 0.717) is 0 Å². The van der Waals surface area contributed by atoms with Crippen LogP contribution in [0, 0.1) is 18.6 Å². The fourth-order valence-corrected chi connectivity index (χ4v) is 3.34. The summed E-state index contributed by atoms with van der Waals surface area (Å²) in [7, 11) is 0. The molecule has 37 heavy (non-hydrogen) atoms. The molecule has 1 aromatic carbocycles. The van der Waals surface area contributed by atoms with Crippen LogP contribution in [0.4, 0.5) is 26.7 Å². The Hall–Kier alpha value is -3.94. The summed E-state index contributed by atoms with van der Waals surface area (Å²) >= 11 is 6.14. The van der Waals surface area contributed by atoms with Gasteiger partial charge in [-0.1, -0.05) is 17.7 Å². The van der Waals surface area contributed by atoms with Crippen LogP contribution in [0.2, 0.25) is 5.02 Å². The standard InChI is InChI=1S/C22H18ClF5N4O5/c1-11-17(19(33)29-6-3-7-30-21(35)37-20(34)22(26,27)28)32-9-12(23)8-16(18(32)31-11)36-10-13-14(24)4-2-5-15(13)25/h2,4-5,8-9H,3,6-7,10H2,1H3,(H,29,33)(H,30,35). The highest BCUT2D eigenvalue weighted by molar-refractivity contribution is 6.30. The van der Waals surface area contributed by atoms with Crippen molar-refractivity contribution < 1.29 is 45.8 Å². The summed E-state index contributed by atoms with van der Waals surface area (Å²) in [6, 6.07) is 4.75. The second-order valence-corrected chi connectivity index (χ2v) is 7.90. The van der Waals surface area contributed by atoms with Gasteiger partial charge in [0.25, 0.3) is 5.91 Å². The molecule has 9 nitrogen and oxygen atoms in total. The van der Waals surface area contributed by atoms with Crippen LogP contribution in [0.1, 0.15) is 28.2 Å². The van der Waals surface area contributed by atoms with E-state index in [1.54, 1.807) is 0 Å². The van der Waals surface area contributed by atoms with Crippen LogP contribution < -0.4 is 15.4 Å². The first-order valence-electron chi connectivity index (χ1n) is 10.5. The molecule has 0 unspecified atom stereocenters. The summed E-state index contributed by atoms with van der Waals surface area (Å²) in [5, 5.41) is 4.63. The van der Waals surface area contributed by atoms with E-state index in [4.69, 9.17) is 16.3 Å². The number of nitrogens with one attached hydrogen (secondary N) is 2. The fourth-order valence-electron chi connectivity index (χ4n) is 3.14. The van der Waals surface area contributed by atoms with Gasteiger partial charge in [0, 0.05) is 25.4 Å². The van der Waals surface area contributed by atoms with Gasteiger partial charge in [-0.2, -0.15) is 13.2 Å². The summed E-state index contributed by atoms with van der Waals surface area (Å²) in [4.78, 5) is 38.8. The molecule has 2 aromatic heterocycles. The molecule has 3 aromatic rings. The molecule has 0 saturated heterocycles. The van der Waals surface area contributed by atoms with Gasteiger partial charge >= 0.3 is 18.2 Å². The Morgan fingerprint density at radius 1 is 1.11 bits per heavy atom. The van der Waals surface area contributed by atoms with Crippen LogP contribution in [0.3, 0.4) is 0 Å². The molecule has 198 valence electrons. The van der Waals surface area contributed by atoms with E-state index in [1.807, 2.05) is 5.32 Å². The Balaban J connectivity index is 1.63. The summed E-state index contributed by atoms with van der Waals surface area (Å²) in [5.74, 6) is -4.79. The second kappa shape index (κ2) is 11.4. The number of esters is 1. The number of carbonyl (C=O) groups excluding carboxylic acids is 3. The Kier molecular flexibility index (Phi) is 8.53. The number of amides is 2. The number of pyridine rings is 1. The molecule has 0 atom stereocenters. The average molecular weight is 549 g/mol. The maximum atomic E-state index is 13.9. The summed E-state index contributed by atoms with van der Waals surface area (Å²) in [6.07, 6.45) is -5.42. The first-order chi connectivity index (χ1) is 17.4. The van der Waals surface area contributed by atoms with Crippen LogP contribution in [-0.4, -0.2) is 46.6 Å². The molecule has 3 rings (SSSR count). The van der Waals surface area contributed by atoms with E-state index in [2.05, 4.69) is 15.0 Å². The van der Waals surface area contributed by atoms with Gasteiger partial charge in [0.15, 0.2) is 11.4 Å². The molecule has 0 fully saturated rings. The fraction of sp³-hybridized carbons (Fsp3) is 0.273. The Bertz CT molecular complexity index is 1320. The van der Waals surface area contributed by atoms with Crippen LogP contribution in [0.25, 0.3) is 5.65 Å². The van der Waals surface area contributed by atoms with E-state index in [-0.39, 0.29) is 52.9 Å². The van der Waals surface area contributed by atoms with Crippen LogP contribution in [-0.2, 0) is 16.1 Å². The zero-order valence-corrected chi connectivity index (χ0v) is 19.7. The van der Waals surface area contributed by atoms with E-state index in [1.165, 1.54) is 29.7 Å². The van der Waals surface area contributed by atoms with E-state index < -0.39 is 42.4 Å². The number of alkyl carbamates (subject to hydrolysis) is 1. The zero-order chi connectivity index (χ0) is 27.3. The van der Waals surface area contributed by atoms with Crippen molar-refractivity contribution in [3.63, 3.8) is 0 Å². The molecule has 0 aliphatic heterocycles. The number of carbonyl (C=O) groups is 3. The molecule has 15 heteroatoms. The second-order valence-electron chi connectivity index (χ2n) is 7.46. The maximum Gasteiger partial charge on any atom is 0.491 e. The number of ether oxygens (including phenoxy) is 2. The minimum absolute atomic E-state index is 0.0184. The third-order valence-corrected chi connectivity index (χ3v) is 5.01. The number of aromatic nitrogens is 2.